The number of para-hydroxylation sites is 1. The summed E-state index contributed by atoms with van der Waals surface area (Å²) in [7, 11) is 0. The molecule has 2 aliphatic heterocycles. The van der Waals surface area contributed by atoms with E-state index in [1.807, 2.05) is 41.8 Å². The van der Waals surface area contributed by atoms with Gasteiger partial charge in [0.2, 0.25) is 0 Å². The average molecular weight is 364 g/mol. The largest absolute Gasteiger partial charge is 0.338 e. The molecule has 1 saturated heterocycles. The van der Waals surface area contributed by atoms with Gasteiger partial charge in [-0.3, -0.25) is 14.7 Å². The molecular formula is C21H24N4O2. The fourth-order valence-electron chi connectivity index (χ4n) is 3.97. The molecule has 27 heavy (non-hydrogen) atoms. The minimum absolute atomic E-state index is 0.0278. The summed E-state index contributed by atoms with van der Waals surface area (Å²) in [5, 5.41) is 2.99. The van der Waals surface area contributed by atoms with Crippen molar-refractivity contribution in [2.24, 2.45) is 5.92 Å². The van der Waals surface area contributed by atoms with Crippen LogP contribution in [0.2, 0.25) is 0 Å². The van der Waals surface area contributed by atoms with Crippen LogP contribution < -0.4 is 10.2 Å². The number of nitrogens with zero attached hydrogens (tertiary/aromatic N) is 3. The number of pyridine rings is 1. The molecule has 6 nitrogen and oxygen atoms in total. The highest BCUT2D eigenvalue weighted by Gasteiger charge is 2.43. The van der Waals surface area contributed by atoms with Crippen LogP contribution in [-0.2, 0) is 0 Å². The number of hydrogen-bond donors (Lipinski definition) is 1. The predicted octanol–water partition coefficient (Wildman–Crippen LogP) is 2.88. The van der Waals surface area contributed by atoms with Gasteiger partial charge >= 0.3 is 6.03 Å². The Morgan fingerprint density at radius 1 is 1.11 bits per heavy atom. The third kappa shape index (κ3) is 3.27. The van der Waals surface area contributed by atoms with Gasteiger partial charge in [-0.05, 0) is 37.6 Å². The number of anilines is 1. The third-order valence-electron chi connectivity index (χ3n) is 5.34. The highest BCUT2D eigenvalue weighted by atomic mass is 16.2. The molecule has 0 radical (unpaired) electrons. The van der Waals surface area contributed by atoms with Crippen LogP contribution in [0, 0.1) is 5.92 Å². The van der Waals surface area contributed by atoms with Crippen molar-refractivity contribution in [3.8, 4) is 0 Å². The van der Waals surface area contributed by atoms with E-state index in [0.29, 0.717) is 31.1 Å². The molecule has 1 fully saturated rings. The molecule has 0 spiro atoms. The van der Waals surface area contributed by atoms with Crippen molar-refractivity contribution in [2.45, 2.75) is 25.8 Å². The smallest absolute Gasteiger partial charge is 0.322 e. The van der Waals surface area contributed by atoms with Gasteiger partial charge in [0, 0.05) is 55.6 Å². The van der Waals surface area contributed by atoms with Crippen LogP contribution in [0.4, 0.5) is 10.5 Å². The number of nitrogens with one attached hydrogen (secondary N) is 1. The lowest BCUT2D eigenvalue weighted by atomic mass is 9.82. The molecule has 4 rings (SSSR count). The fraction of sp³-hybridized carbons (Fsp3) is 0.381. The van der Waals surface area contributed by atoms with E-state index >= 15 is 0 Å². The maximum Gasteiger partial charge on any atom is 0.322 e. The van der Waals surface area contributed by atoms with Gasteiger partial charge in [0.05, 0.1) is 5.56 Å². The van der Waals surface area contributed by atoms with E-state index < -0.39 is 0 Å². The molecule has 6 heteroatoms. The van der Waals surface area contributed by atoms with E-state index in [1.165, 1.54) is 5.56 Å². The minimum Gasteiger partial charge on any atom is -0.338 e. The van der Waals surface area contributed by atoms with Crippen LogP contribution in [-0.4, -0.2) is 47.5 Å². The number of likely N-dealkylation sites (tertiary alicyclic amines) is 1. The van der Waals surface area contributed by atoms with Crippen LogP contribution in [0.5, 0.6) is 0 Å². The van der Waals surface area contributed by atoms with Crippen molar-refractivity contribution in [1.82, 2.24) is 15.2 Å². The molecule has 3 amide bonds. The zero-order chi connectivity index (χ0) is 19.0. The maximum atomic E-state index is 12.6. The zero-order valence-electron chi connectivity index (χ0n) is 15.6. The second kappa shape index (κ2) is 7.02. The molecule has 1 aromatic carbocycles. The number of rotatable bonds is 3. The van der Waals surface area contributed by atoms with E-state index in [9.17, 15) is 9.59 Å². The Balaban J connectivity index is 1.46. The quantitative estimate of drug-likeness (QED) is 0.911. The minimum atomic E-state index is -0.0532. The Morgan fingerprint density at radius 3 is 2.59 bits per heavy atom. The van der Waals surface area contributed by atoms with E-state index in [-0.39, 0.29) is 23.9 Å². The maximum absolute atomic E-state index is 12.6. The molecule has 2 aliphatic rings. The number of fused-ring (bicyclic) bond motifs is 1. The summed E-state index contributed by atoms with van der Waals surface area (Å²) in [6.45, 7) is 6.02. The molecule has 1 atom stereocenters. The van der Waals surface area contributed by atoms with Crippen molar-refractivity contribution in [1.29, 1.82) is 0 Å². The highest BCUT2D eigenvalue weighted by molar-refractivity contribution is 5.95. The number of carbonyl (C=O) groups excluding carboxylic acids is 2. The van der Waals surface area contributed by atoms with Crippen LogP contribution in [0.15, 0.2) is 48.8 Å². The Labute approximate surface area is 159 Å². The zero-order valence-corrected chi connectivity index (χ0v) is 15.6. The van der Waals surface area contributed by atoms with E-state index in [4.69, 9.17) is 0 Å². The summed E-state index contributed by atoms with van der Waals surface area (Å²) in [6, 6.07) is 11.7. The summed E-state index contributed by atoms with van der Waals surface area (Å²) in [6.07, 6.45) is 3.28. The molecule has 2 aromatic rings. The Morgan fingerprint density at radius 2 is 1.89 bits per heavy atom. The average Bonchev–Trinajstić information content (AvgIpc) is 3.00. The standard InChI is InChI=1S/C21H24N4O2/c1-14(2)23-21(27)25-13-18(17-7-3-4-8-19(17)25)16-11-24(12-16)20(26)15-6-5-9-22-10-15/h3-10,14,16,18H,11-13H2,1-2H3,(H,23,27). The first kappa shape index (κ1) is 17.5. The lowest BCUT2D eigenvalue weighted by Crippen LogP contribution is -2.53. The molecule has 0 saturated carbocycles. The number of hydrogen-bond acceptors (Lipinski definition) is 3. The third-order valence-corrected chi connectivity index (χ3v) is 5.34. The van der Waals surface area contributed by atoms with Crippen molar-refractivity contribution >= 4 is 17.6 Å². The monoisotopic (exact) mass is 364 g/mol. The van der Waals surface area contributed by atoms with Crippen molar-refractivity contribution in [3.05, 3.63) is 59.9 Å². The van der Waals surface area contributed by atoms with E-state index in [1.54, 1.807) is 24.5 Å². The Hall–Kier alpha value is -2.89. The van der Waals surface area contributed by atoms with Gasteiger partial charge in [0.25, 0.3) is 5.91 Å². The van der Waals surface area contributed by atoms with Gasteiger partial charge in [-0.2, -0.15) is 0 Å². The molecule has 0 bridgehead atoms. The van der Waals surface area contributed by atoms with Crippen LogP contribution in [0.1, 0.15) is 35.7 Å². The normalized spacial score (nSPS) is 19.0. The van der Waals surface area contributed by atoms with E-state index in [2.05, 4.69) is 16.4 Å². The number of benzene rings is 1. The van der Waals surface area contributed by atoms with Gasteiger partial charge in [0.15, 0.2) is 0 Å². The van der Waals surface area contributed by atoms with Crippen LogP contribution in [0.25, 0.3) is 0 Å². The lowest BCUT2D eigenvalue weighted by molar-refractivity contribution is 0.0456. The molecule has 1 unspecified atom stereocenters. The second-order valence-corrected chi connectivity index (χ2v) is 7.59. The van der Waals surface area contributed by atoms with Gasteiger partial charge in [-0.1, -0.05) is 18.2 Å². The van der Waals surface area contributed by atoms with Crippen LogP contribution in [0.3, 0.4) is 0 Å². The highest BCUT2D eigenvalue weighted by Crippen LogP contribution is 2.43. The number of carbonyl (C=O) groups is 2. The van der Waals surface area contributed by atoms with Crippen molar-refractivity contribution < 1.29 is 9.59 Å². The van der Waals surface area contributed by atoms with Gasteiger partial charge in [-0.15, -0.1) is 0 Å². The number of aromatic nitrogens is 1. The first-order valence-electron chi connectivity index (χ1n) is 9.41. The van der Waals surface area contributed by atoms with Gasteiger partial charge in [0.1, 0.15) is 0 Å². The summed E-state index contributed by atoms with van der Waals surface area (Å²) >= 11 is 0. The number of amides is 3. The fourth-order valence-corrected chi connectivity index (χ4v) is 3.97. The van der Waals surface area contributed by atoms with Gasteiger partial charge < -0.3 is 10.2 Å². The number of urea groups is 1. The summed E-state index contributed by atoms with van der Waals surface area (Å²) in [5.41, 5.74) is 2.81. The summed E-state index contributed by atoms with van der Waals surface area (Å²) in [4.78, 5) is 32.9. The first-order chi connectivity index (χ1) is 13.0. The Bertz CT molecular complexity index is 846. The molecule has 3 heterocycles. The Kier molecular flexibility index (Phi) is 4.56. The molecular weight excluding hydrogens is 340 g/mol. The lowest BCUT2D eigenvalue weighted by Gasteiger charge is -2.42. The second-order valence-electron chi connectivity index (χ2n) is 7.59. The van der Waals surface area contributed by atoms with Crippen molar-refractivity contribution in [3.63, 3.8) is 0 Å². The predicted molar refractivity (Wildman–Crippen MR) is 104 cm³/mol. The molecule has 1 aromatic heterocycles. The van der Waals surface area contributed by atoms with Crippen LogP contribution >= 0.6 is 0 Å². The van der Waals surface area contributed by atoms with E-state index in [0.717, 1.165) is 5.69 Å². The molecule has 0 aliphatic carbocycles. The molecule has 140 valence electrons. The topological polar surface area (TPSA) is 65.5 Å². The summed E-state index contributed by atoms with van der Waals surface area (Å²) < 4.78 is 0. The van der Waals surface area contributed by atoms with Crippen molar-refractivity contribution in [2.75, 3.05) is 24.5 Å². The molecule has 1 N–H and O–H groups in total. The summed E-state index contributed by atoms with van der Waals surface area (Å²) in [5.74, 6) is 0.653. The first-order valence-corrected chi connectivity index (χ1v) is 9.41. The SMILES string of the molecule is CC(C)NC(=O)N1CC(C2CN(C(=O)c3cccnc3)C2)c2ccccc21. The van der Waals surface area contributed by atoms with Gasteiger partial charge in [-0.25, -0.2) is 4.79 Å².